The molecule has 0 aliphatic heterocycles. The summed E-state index contributed by atoms with van der Waals surface area (Å²) in [6.45, 7) is 2.17. The number of aliphatic hydroxyl groups is 1. The summed E-state index contributed by atoms with van der Waals surface area (Å²) < 4.78 is 0. The van der Waals surface area contributed by atoms with E-state index < -0.39 is 5.60 Å². The van der Waals surface area contributed by atoms with Crippen LogP contribution in [0.25, 0.3) is 0 Å². The van der Waals surface area contributed by atoms with Crippen LogP contribution in [-0.2, 0) is 6.42 Å². The van der Waals surface area contributed by atoms with E-state index >= 15 is 0 Å². The maximum Gasteiger partial charge on any atom is 0.0721 e. The molecule has 0 aromatic heterocycles. The van der Waals surface area contributed by atoms with Gasteiger partial charge in [0.05, 0.1) is 5.60 Å². The van der Waals surface area contributed by atoms with E-state index in [0.29, 0.717) is 5.92 Å². The second-order valence-corrected chi connectivity index (χ2v) is 7.27. The van der Waals surface area contributed by atoms with Gasteiger partial charge >= 0.3 is 0 Å². The van der Waals surface area contributed by atoms with E-state index in [-0.39, 0.29) is 0 Å². The first-order chi connectivity index (χ1) is 9.17. The number of rotatable bonds is 2. The highest BCUT2D eigenvalue weighted by molar-refractivity contribution is 5.28. The van der Waals surface area contributed by atoms with Crippen molar-refractivity contribution in [3.63, 3.8) is 0 Å². The molecule has 2 bridgehead atoms. The van der Waals surface area contributed by atoms with Crippen molar-refractivity contribution in [1.29, 1.82) is 0 Å². The smallest absolute Gasteiger partial charge is 0.0721 e. The molecule has 5 atom stereocenters. The Kier molecular flexibility index (Phi) is 2.57. The third-order valence-corrected chi connectivity index (χ3v) is 6.37. The van der Waals surface area contributed by atoms with Crippen LogP contribution in [0.5, 0.6) is 0 Å². The van der Waals surface area contributed by atoms with Crippen LogP contribution in [-0.4, -0.2) is 10.7 Å². The first kappa shape index (κ1) is 12.0. The fourth-order valence-electron chi connectivity index (χ4n) is 5.58. The lowest BCUT2D eigenvalue weighted by Crippen LogP contribution is -2.43. The van der Waals surface area contributed by atoms with Gasteiger partial charge in [0.25, 0.3) is 0 Å². The van der Waals surface area contributed by atoms with Crippen LogP contribution in [0.2, 0.25) is 0 Å². The van der Waals surface area contributed by atoms with Gasteiger partial charge in [0.1, 0.15) is 0 Å². The molecule has 1 aromatic carbocycles. The maximum absolute atomic E-state index is 11.2. The summed E-state index contributed by atoms with van der Waals surface area (Å²) >= 11 is 0. The Labute approximate surface area is 116 Å². The fourth-order valence-corrected chi connectivity index (χ4v) is 5.58. The molecule has 3 fully saturated rings. The van der Waals surface area contributed by atoms with Crippen LogP contribution in [0.3, 0.4) is 0 Å². The lowest BCUT2D eigenvalue weighted by Gasteiger charge is -2.39. The van der Waals surface area contributed by atoms with E-state index in [1.807, 2.05) is 0 Å². The third-order valence-electron chi connectivity index (χ3n) is 6.37. The number of aryl methyl sites for hydroxylation is 1. The van der Waals surface area contributed by atoms with E-state index in [1.54, 1.807) is 0 Å². The molecule has 4 rings (SSSR count). The van der Waals surface area contributed by atoms with E-state index in [9.17, 15) is 5.11 Å². The molecule has 1 aromatic rings. The Hall–Kier alpha value is -0.820. The highest BCUT2D eigenvalue weighted by Gasteiger charge is 2.60. The maximum atomic E-state index is 11.2. The van der Waals surface area contributed by atoms with Crippen molar-refractivity contribution in [3.8, 4) is 0 Å². The number of fused-ring (bicyclic) bond motifs is 5. The van der Waals surface area contributed by atoms with Crippen molar-refractivity contribution in [1.82, 2.24) is 0 Å². The first-order valence-electron chi connectivity index (χ1n) is 7.94. The van der Waals surface area contributed by atoms with E-state index in [4.69, 9.17) is 0 Å². The van der Waals surface area contributed by atoms with Crippen LogP contribution in [0.4, 0.5) is 0 Å². The molecule has 0 heterocycles. The molecular formula is C18H24O. The van der Waals surface area contributed by atoms with Gasteiger partial charge in [0.2, 0.25) is 0 Å². The zero-order valence-electron chi connectivity index (χ0n) is 11.8. The van der Waals surface area contributed by atoms with Gasteiger partial charge in [-0.3, -0.25) is 0 Å². The Morgan fingerprint density at radius 2 is 2.00 bits per heavy atom. The Morgan fingerprint density at radius 1 is 1.21 bits per heavy atom. The minimum absolute atomic E-state index is 0.401. The number of hydrogen-bond acceptors (Lipinski definition) is 1. The molecule has 1 N–H and O–H groups in total. The average molecular weight is 256 g/mol. The minimum Gasteiger partial charge on any atom is -0.389 e. The van der Waals surface area contributed by atoms with Crippen LogP contribution in [0, 0.1) is 30.6 Å². The summed E-state index contributed by atoms with van der Waals surface area (Å²) in [4.78, 5) is 0. The van der Waals surface area contributed by atoms with Crippen LogP contribution >= 0.6 is 0 Å². The SMILES string of the molecule is Cc1ccccc1CC1(O)CC2CC1C1CCCC21. The van der Waals surface area contributed by atoms with Crippen LogP contribution in [0.1, 0.15) is 43.2 Å². The quantitative estimate of drug-likeness (QED) is 0.855. The zero-order valence-corrected chi connectivity index (χ0v) is 11.8. The minimum atomic E-state index is -0.401. The molecule has 0 radical (unpaired) electrons. The predicted octanol–water partition coefficient (Wildman–Crippen LogP) is 3.72. The van der Waals surface area contributed by atoms with Crippen molar-refractivity contribution in [3.05, 3.63) is 35.4 Å². The molecule has 0 amide bonds. The van der Waals surface area contributed by atoms with Crippen LogP contribution in [0.15, 0.2) is 24.3 Å². The zero-order chi connectivity index (χ0) is 13.0. The van der Waals surface area contributed by atoms with Gasteiger partial charge in [-0.2, -0.15) is 0 Å². The topological polar surface area (TPSA) is 20.2 Å². The largest absolute Gasteiger partial charge is 0.389 e. The van der Waals surface area contributed by atoms with Gasteiger partial charge < -0.3 is 5.11 Å². The monoisotopic (exact) mass is 256 g/mol. The van der Waals surface area contributed by atoms with Crippen molar-refractivity contribution in [2.45, 2.75) is 51.0 Å². The molecule has 1 heteroatoms. The average Bonchev–Trinajstić information content (AvgIpc) is 3.02. The van der Waals surface area contributed by atoms with Gasteiger partial charge in [-0.15, -0.1) is 0 Å². The summed E-state index contributed by atoms with van der Waals surface area (Å²) in [6.07, 6.45) is 7.46. The summed E-state index contributed by atoms with van der Waals surface area (Å²) in [5.74, 6) is 3.21. The second-order valence-electron chi connectivity index (χ2n) is 7.27. The molecular weight excluding hydrogens is 232 g/mol. The number of hydrogen-bond donors (Lipinski definition) is 1. The van der Waals surface area contributed by atoms with Gasteiger partial charge in [0.15, 0.2) is 0 Å². The highest BCUT2D eigenvalue weighted by Crippen LogP contribution is 2.62. The predicted molar refractivity (Wildman–Crippen MR) is 76.9 cm³/mol. The second kappa shape index (κ2) is 4.09. The summed E-state index contributed by atoms with van der Waals surface area (Å²) in [7, 11) is 0. The molecule has 3 saturated carbocycles. The van der Waals surface area contributed by atoms with E-state index in [0.717, 1.165) is 30.6 Å². The van der Waals surface area contributed by atoms with Crippen LogP contribution < -0.4 is 0 Å². The molecule has 102 valence electrons. The molecule has 0 saturated heterocycles. The molecule has 3 aliphatic carbocycles. The molecule has 5 unspecified atom stereocenters. The Bertz CT molecular complexity index is 494. The fraction of sp³-hybridized carbons (Fsp3) is 0.667. The Balaban J connectivity index is 1.60. The van der Waals surface area contributed by atoms with Gasteiger partial charge in [-0.25, -0.2) is 0 Å². The Morgan fingerprint density at radius 3 is 2.84 bits per heavy atom. The summed E-state index contributed by atoms with van der Waals surface area (Å²) in [6, 6.07) is 8.57. The van der Waals surface area contributed by atoms with Crippen molar-refractivity contribution < 1.29 is 5.11 Å². The molecule has 3 aliphatic rings. The normalized spacial score (nSPS) is 43.7. The first-order valence-corrected chi connectivity index (χ1v) is 7.94. The van der Waals surface area contributed by atoms with Crippen molar-refractivity contribution in [2.75, 3.05) is 0 Å². The lowest BCUT2D eigenvalue weighted by atomic mass is 9.70. The van der Waals surface area contributed by atoms with E-state index in [1.165, 1.54) is 36.8 Å². The van der Waals surface area contributed by atoms with Gasteiger partial charge in [0, 0.05) is 6.42 Å². The van der Waals surface area contributed by atoms with E-state index in [2.05, 4.69) is 31.2 Å². The molecule has 19 heavy (non-hydrogen) atoms. The van der Waals surface area contributed by atoms with Crippen molar-refractivity contribution >= 4 is 0 Å². The number of benzene rings is 1. The van der Waals surface area contributed by atoms with Crippen molar-refractivity contribution in [2.24, 2.45) is 23.7 Å². The molecule has 0 spiro atoms. The summed E-state index contributed by atoms with van der Waals surface area (Å²) in [5.41, 5.74) is 2.29. The van der Waals surface area contributed by atoms with Gasteiger partial charge in [-0.1, -0.05) is 30.7 Å². The lowest BCUT2D eigenvalue weighted by molar-refractivity contribution is -0.0451. The third kappa shape index (κ3) is 1.71. The standard InChI is InChI=1S/C18H24O/c1-12-5-2-3-6-13(12)10-18(19)11-14-9-17(18)16-8-4-7-15(14)16/h2-3,5-6,14-17,19H,4,7-11H2,1H3. The molecule has 1 nitrogen and oxygen atoms in total. The summed E-state index contributed by atoms with van der Waals surface area (Å²) in [5, 5.41) is 11.2. The highest BCUT2D eigenvalue weighted by atomic mass is 16.3. The van der Waals surface area contributed by atoms with Gasteiger partial charge in [-0.05, 0) is 67.4 Å².